The molecule has 0 rings (SSSR count). The van der Waals surface area contributed by atoms with Crippen LogP contribution in [0.25, 0.3) is 0 Å². The second-order valence-electron chi connectivity index (χ2n) is 19.9. The number of carbonyl (C=O) groups excluding carboxylic acids is 3. The number of rotatable bonds is 54. The molecule has 6 heteroatoms. The maximum absolute atomic E-state index is 12.9. The zero-order valence-electron chi connectivity index (χ0n) is 45.4. The highest BCUT2D eigenvalue weighted by atomic mass is 16.6. The Kier molecular flexibility index (Phi) is 54.8. The van der Waals surface area contributed by atoms with E-state index in [-0.39, 0.29) is 31.1 Å². The molecule has 0 fully saturated rings. The molecule has 1 atom stereocenters. The van der Waals surface area contributed by atoms with E-state index >= 15 is 0 Å². The van der Waals surface area contributed by atoms with E-state index in [0.29, 0.717) is 19.3 Å². The average molecular weight is 954 g/mol. The Balaban J connectivity index is 4.37. The first-order chi connectivity index (χ1) is 33.5. The minimum absolute atomic E-state index is 0.0797. The summed E-state index contributed by atoms with van der Waals surface area (Å²) in [5, 5.41) is 0. The number of hydrogen-bond acceptors (Lipinski definition) is 6. The number of carbonyl (C=O) groups is 3. The van der Waals surface area contributed by atoms with Crippen LogP contribution in [0.4, 0.5) is 0 Å². The van der Waals surface area contributed by atoms with E-state index in [9.17, 15) is 14.4 Å². The maximum atomic E-state index is 12.9. The van der Waals surface area contributed by atoms with E-state index in [0.717, 1.165) is 83.5 Å². The lowest BCUT2D eigenvalue weighted by Gasteiger charge is -2.18. The standard InChI is InChI=1S/C62H112O6/c1-4-7-10-13-16-19-22-25-28-30-31-32-35-37-40-43-46-49-52-55-61(64)67-58-59(57-66-60(63)54-51-48-45-42-39-36-33-27-24-21-18-15-12-9-6-3)68-62(65)56-53-50-47-44-41-38-34-29-26-23-20-17-14-11-8-5-2/h16,19,25,27-29,33-34,59H,4-15,17-18,20-24,26,30-32,35-58H2,1-3H3/b19-16-,28-25-,33-27-,34-29-. The van der Waals surface area contributed by atoms with Gasteiger partial charge in [0.25, 0.3) is 0 Å². The Labute approximate surface area is 422 Å². The molecule has 0 aromatic carbocycles. The van der Waals surface area contributed by atoms with Gasteiger partial charge in [0.1, 0.15) is 13.2 Å². The zero-order chi connectivity index (χ0) is 49.3. The first kappa shape index (κ1) is 65.4. The lowest BCUT2D eigenvalue weighted by molar-refractivity contribution is -0.167. The Hall–Kier alpha value is -2.63. The molecule has 0 radical (unpaired) electrons. The van der Waals surface area contributed by atoms with Crippen LogP contribution in [0.3, 0.4) is 0 Å². The topological polar surface area (TPSA) is 78.9 Å². The van der Waals surface area contributed by atoms with E-state index in [1.165, 1.54) is 186 Å². The van der Waals surface area contributed by atoms with Crippen molar-refractivity contribution in [2.75, 3.05) is 13.2 Å². The molecule has 0 aromatic heterocycles. The monoisotopic (exact) mass is 953 g/mol. The van der Waals surface area contributed by atoms with Gasteiger partial charge in [0.05, 0.1) is 0 Å². The Morgan fingerprint density at radius 2 is 0.529 bits per heavy atom. The molecule has 0 aliphatic rings. The van der Waals surface area contributed by atoms with Gasteiger partial charge in [-0.25, -0.2) is 0 Å². The fraction of sp³-hybridized carbons (Fsp3) is 0.823. The van der Waals surface area contributed by atoms with Gasteiger partial charge in [0, 0.05) is 19.3 Å². The molecule has 0 saturated heterocycles. The lowest BCUT2D eigenvalue weighted by atomic mass is 10.1. The molecule has 0 bridgehead atoms. The molecule has 0 aliphatic heterocycles. The normalized spacial score (nSPS) is 12.3. The van der Waals surface area contributed by atoms with E-state index in [2.05, 4.69) is 69.4 Å². The Bertz CT molecular complexity index is 1190. The summed E-state index contributed by atoms with van der Waals surface area (Å²) in [6.07, 6.45) is 69.5. The summed E-state index contributed by atoms with van der Waals surface area (Å²) in [5.41, 5.74) is 0. The molecule has 0 spiro atoms. The van der Waals surface area contributed by atoms with Crippen LogP contribution in [-0.2, 0) is 28.6 Å². The molecule has 0 aromatic rings. The van der Waals surface area contributed by atoms with E-state index in [4.69, 9.17) is 14.2 Å². The van der Waals surface area contributed by atoms with Crippen LogP contribution in [0.1, 0.15) is 310 Å². The van der Waals surface area contributed by atoms with Gasteiger partial charge < -0.3 is 14.2 Å². The molecule has 0 N–H and O–H groups in total. The van der Waals surface area contributed by atoms with Crippen molar-refractivity contribution in [3.05, 3.63) is 48.6 Å². The highest BCUT2D eigenvalue weighted by Crippen LogP contribution is 2.15. The van der Waals surface area contributed by atoms with Crippen molar-refractivity contribution in [1.29, 1.82) is 0 Å². The lowest BCUT2D eigenvalue weighted by Crippen LogP contribution is -2.30. The number of allylic oxidation sites excluding steroid dienone is 8. The Morgan fingerprint density at radius 1 is 0.294 bits per heavy atom. The van der Waals surface area contributed by atoms with Crippen LogP contribution in [-0.4, -0.2) is 37.2 Å². The van der Waals surface area contributed by atoms with Gasteiger partial charge in [-0.2, -0.15) is 0 Å². The molecule has 6 nitrogen and oxygen atoms in total. The van der Waals surface area contributed by atoms with Gasteiger partial charge >= 0.3 is 17.9 Å². The number of ether oxygens (including phenoxy) is 3. The third-order valence-electron chi connectivity index (χ3n) is 13.0. The summed E-state index contributed by atoms with van der Waals surface area (Å²) >= 11 is 0. The second-order valence-corrected chi connectivity index (χ2v) is 19.9. The SMILES string of the molecule is CCCCC/C=C\C/C=C\CCCCCCCCCCCC(=O)OCC(COC(=O)CCCCCCC/C=C\CCCCCCCC)OC(=O)CCCCCCC/C=C\CCCCCCCCC. The molecule has 396 valence electrons. The average Bonchev–Trinajstić information content (AvgIpc) is 3.34. The van der Waals surface area contributed by atoms with Crippen LogP contribution in [0.2, 0.25) is 0 Å². The van der Waals surface area contributed by atoms with Crippen molar-refractivity contribution >= 4 is 17.9 Å². The molecule has 0 heterocycles. The van der Waals surface area contributed by atoms with Gasteiger partial charge in [-0.1, -0.05) is 236 Å². The fourth-order valence-corrected chi connectivity index (χ4v) is 8.52. The van der Waals surface area contributed by atoms with Crippen LogP contribution in [0.15, 0.2) is 48.6 Å². The molecule has 1 unspecified atom stereocenters. The van der Waals surface area contributed by atoms with Crippen molar-refractivity contribution in [2.24, 2.45) is 0 Å². The smallest absolute Gasteiger partial charge is 0.306 e. The highest BCUT2D eigenvalue weighted by molar-refractivity contribution is 5.71. The largest absolute Gasteiger partial charge is 0.462 e. The van der Waals surface area contributed by atoms with Gasteiger partial charge in [-0.3, -0.25) is 14.4 Å². The molecule has 0 amide bonds. The van der Waals surface area contributed by atoms with Crippen LogP contribution < -0.4 is 0 Å². The van der Waals surface area contributed by atoms with Crippen LogP contribution in [0, 0.1) is 0 Å². The highest BCUT2D eigenvalue weighted by Gasteiger charge is 2.19. The van der Waals surface area contributed by atoms with Gasteiger partial charge in [0.2, 0.25) is 0 Å². The summed E-state index contributed by atoms with van der Waals surface area (Å²) < 4.78 is 16.9. The molecular formula is C62H112O6. The van der Waals surface area contributed by atoms with E-state index in [1.54, 1.807) is 0 Å². The van der Waals surface area contributed by atoms with Gasteiger partial charge in [-0.15, -0.1) is 0 Å². The zero-order valence-corrected chi connectivity index (χ0v) is 45.4. The summed E-state index contributed by atoms with van der Waals surface area (Å²) in [5.74, 6) is -0.886. The Morgan fingerprint density at radius 3 is 0.853 bits per heavy atom. The minimum atomic E-state index is -0.782. The fourth-order valence-electron chi connectivity index (χ4n) is 8.52. The summed E-state index contributed by atoms with van der Waals surface area (Å²) in [4.78, 5) is 38.2. The predicted molar refractivity (Wildman–Crippen MR) is 293 cm³/mol. The number of hydrogen-bond donors (Lipinski definition) is 0. The minimum Gasteiger partial charge on any atom is -0.462 e. The second kappa shape index (κ2) is 57.0. The third-order valence-corrected chi connectivity index (χ3v) is 13.0. The van der Waals surface area contributed by atoms with E-state index in [1.807, 2.05) is 0 Å². The first-order valence-electron chi connectivity index (χ1n) is 29.6. The number of esters is 3. The predicted octanol–water partition coefficient (Wildman–Crippen LogP) is 19.8. The van der Waals surface area contributed by atoms with Crippen molar-refractivity contribution < 1.29 is 28.6 Å². The van der Waals surface area contributed by atoms with Crippen LogP contribution in [0.5, 0.6) is 0 Å². The van der Waals surface area contributed by atoms with Crippen LogP contribution >= 0.6 is 0 Å². The van der Waals surface area contributed by atoms with Gasteiger partial charge in [-0.05, 0) is 103 Å². The van der Waals surface area contributed by atoms with E-state index < -0.39 is 6.10 Å². The van der Waals surface area contributed by atoms with Crippen molar-refractivity contribution in [2.45, 2.75) is 316 Å². The summed E-state index contributed by atoms with van der Waals surface area (Å²) in [6, 6.07) is 0. The van der Waals surface area contributed by atoms with Crippen molar-refractivity contribution in [3.63, 3.8) is 0 Å². The quantitative estimate of drug-likeness (QED) is 0.0262. The summed E-state index contributed by atoms with van der Waals surface area (Å²) in [6.45, 7) is 6.62. The summed E-state index contributed by atoms with van der Waals surface area (Å²) in [7, 11) is 0. The van der Waals surface area contributed by atoms with Crippen molar-refractivity contribution in [1.82, 2.24) is 0 Å². The molecule has 68 heavy (non-hydrogen) atoms. The molecule has 0 aliphatic carbocycles. The molecular weight excluding hydrogens is 841 g/mol. The van der Waals surface area contributed by atoms with Gasteiger partial charge in [0.15, 0.2) is 6.10 Å². The first-order valence-corrected chi connectivity index (χ1v) is 29.6. The maximum Gasteiger partial charge on any atom is 0.306 e. The molecule has 0 saturated carbocycles. The number of unbranched alkanes of at least 4 members (excludes halogenated alkanes) is 35. The van der Waals surface area contributed by atoms with Crippen molar-refractivity contribution in [3.8, 4) is 0 Å². The third kappa shape index (κ3) is 54.3.